The molecule has 0 aromatic heterocycles. The molecular formula is C11H11O3Y+2. The van der Waals surface area contributed by atoms with Crippen molar-refractivity contribution in [1.82, 2.24) is 0 Å². The Morgan fingerprint density at radius 2 is 2.40 bits per heavy atom. The number of hydrogen-bond acceptors (Lipinski definition) is 3. The van der Waals surface area contributed by atoms with Crippen LogP contribution in [0.25, 0.3) is 0 Å². The molecule has 0 aliphatic carbocycles. The van der Waals surface area contributed by atoms with E-state index in [-0.39, 0.29) is 38.8 Å². The molecule has 1 aromatic rings. The molecule has 0 amide bonds. The molecule has 1 heterocycles. The summed E-state index contributed by atoms with van der Waals surface area (Å²) in [5, 5.41) is 0. The molecule has 1 fully saturated rings. The van der Waals surface area contributed by atoms with E-state index < -0.39 is 0 Å². The maximum Gasteiger partial charge on any atom is 3.00 e. The van der Waals surface area contributed by atoms with Gasteiger partial charge in [0.2, 0.25) is 0 Å². The zero-order valence-corrected chi connectivity index (χ0v) is 11.4. The van der Waals surface area contributed by atoms with Crippen LogP contribution in [-0.4, -0.2) is 25.6 Å². The van der Waals surface area contributed by atoms with Crippen molar-refractivity contribution in [3.63, 3.8) is 0 Å². The standard InChI is InChI=1S/C11H11O3.Y/c1-8-2-3-11(9(4-8)5-12)14-7-10-6-13-10;/h2-3,5,10H,6-7H2,1H3;/q-1;+3. The summed E-state index contributed by atoms with van der Waals surface area (Å²) in [4.78, 5) is 10.7. The van der Waals surface area contributed by atoms with Gasteiger partial charge in [-0.25, -0.2) is 0 Å². The first kappa shape index (κ1) is 12.8. The molecule has 3 nitrogen and oxygen atoms in total. The van der Waals surface area contributed by atoms with Gasteiger partial charge in [0.1, 0.15) is 12.7 Å². The molecule has 0 bridgehead atoms. The van der Waals surface area contributed by atoms with Crippen molar-refractivity contribution in [1.29, 1.82) is 0 Å². The summed E-state index contributed by atoms with van der Waals surface area (Å²) >= 11 is 0. The molecule has 1 aromatic carbocycles. The van der Waals surface area contributed by atoms with E-state index in [2.05, 4.69) is 6.07 Å². The van der Waals surface area contributed by atoms with Crippen molar-refractivity contribution in [3.8, 4) is 5.75 Å². The average molecular weight is 280 g/mol. The number of carbonyl (C=O) groups is 1. The van der Waals surface area contributed by atoms with Gasteiger partial charge in [0, 0.05) is 5.75 Å². The third kappa shape index (κ3) is 3.67. The summed E-state index contributed by atoms with van der Waals surface area (Å²) in [7, 11) is 0. The topological polar surface area (TPSA) is 38.8 Å². The number of benzene rings is 1. The number of rotatable bonds is 4. The summed E-state index contributed by atoms with van der Waals surface area (Å²) in [5.41, 5.74) is 1.41. The Morgan fingerprint density at radius 3 is 3.00 bits per heavy atom. The summed E-state index contributed by atoms with van der Waals surface area (Å²) < 4.78 is 10.4. The average Bonchev–Trinajstić information content (AvgIpc) is 2.99. The van der Waals surface area contributed by atoms with Crippen molar-refractivity contribution in [2.45, 2.75) is 13.0 Å². The summed E-state index contributed by atoms with van der Waals surface area (Å²) in [6.07, 6.45) is 0.964. The van der Waals surface area contributed by atoms with Gasteiger partial charge in [-0.15, -0.1) is 23.8 Å². The summed E-state index contributed by atoms with van der Waals surface area (Å²) in [6.45, 7) is 3.16. The maximum absolute atomic E-state index is 10.7. The molecule has 1 unspecified atom stereocenters. The van der Waals surface area contributed by atoms with Gasteiger partial charge in [0.05, 0.1) is 12.9 Å². The van der Waals surface area contributed by atoms with E-state index in [4.69, 9.17) is 9.47 Å². The van der Waals surface area contributed by atoms with Gasteiger partial charge < -0.3 is 14.3 Å². The van der Waals surface area contributed by atoms with Crippen molar-refractivity contribution >= 4 is 6.29 Å². The predicted octanol–water partition coefficient (Wildman–Crippen LogP) is 1.38. The van der Waals surface area contributed by atoms with Crippen LogP contribution in [0.5, 0.6) is 5.75 Å². The second kappa shape index (κ2) is 5.73. The largest absolute Gasteiger partial charge is 3.00 e. The van der Waals surface area contributed by atoms with Crippen molar-refractivity contribution in [2.24, 2.45) is 0 Å². The Labute approximate surface area is 114 Å². The zero-order valence-electron chi connectivity index (χ0n) is 8.53. The first-order chi connectivity index (χ1) is 6.79. The third-order valence-electron chi connectivity index (χ3n) is 2.03. The minimum Gasteiger partial charge on any atom is -0.534 e. The molecule has 0 spiro atoms. The van der Waals surface area contributed by atoms with Crippen LogP contribution >= 0.6 is 0 Å². The van der Waals surface area contributed by atoms with Crippen molar-refractivity contribution < 1.29 is 47.0 Å². The number of carbonyl (C=O) groups excluding carboxylic acids is 1. The van der Waals surface area contributed by atoms with E-state index in [0.29, 0.717) is 17.9 Å². The van der Waals surface area contributed by atoms with Crippen LogP contribution in [0, 0.1) is 13.0 Å². The number of aryl methyl sites for hydroxylation is 1. The van der Waals surface area contributed by atoms with Crippen LogP contribution in [0.3, 0.4) is 0 Å². The molecule has 74 valence electrons. The van der Waals surface area contributed by atoms with Crippen LogP contribution < -0.4 is 4.74 Å². The fourth-order valence-electron chi connectivity index (χ4n) is 1.17. The SMILES string of the molecule is Cc1[c-]c(C=O)c(OCC2CO2)cc1.[Y+3]. The minimum atomic E-state index is 0. The molecule has 1 aliphatic rings. The number of aldehydes is 1. The van der Waals surface area contributed by atoms with Gasteiger partial charge in [-0.2, -0.15) is 0 Å². The number of ether oxygens (including phenoxy) is 2. The van der Waals surface area contributed by atoms with Gasteiger partial charge >= 0.3 is 32.7 Å². The van der Waals surface area contributed by atoms with E-state index in [0.717, 1.165) is 18.5 Å². The molecule has 4 heteroatoms. The van der Waals surface area contributed by atoms with Gasteiger partial charge in [-0.05, 0) is 0 Å². The van der Waals surface area contributed by atoms with Crippen LogP contribution in [0.1, 0.15) is 15.9 Å². The summed E-state index contributed by atoms with van der Waals surface area (Å²) in [5.74, 6) is 0.584. The Balaban J connectivity index is 0.00000112. The molecule has 0 N–H and O–H groups in total. The smallest absolute Gasteiger partial charge is 0.534 e. The molecular weight excluding hydrogens is 269 g/mol. The molecule has 1 atom stereocenters. The first-order valence-electron chi connectivity index (χ1n) is 4.52. The second-order valence-corrected chi connectivity index (χ2v) is 3.30. The molecule has 1 aliphatic heterocycles. The monoisotopic (exact) mass is 280 g/mol. The van der Waals surface area contributed by atoms with E-state index in [1.54, 1.807) is 6.07 Å². The maximum atomic E-state index is 10.7. The fraction of sp³-hybridized carbons (Fsp3) is 0.364. The van der Waals surface area contributed by atoms with Gasteiger partial charge in [0.25, 0.3) is 0 Å². The molecule has 0 saturated carbocycles. The first-order valence-corrected chi connectivity index (χ1v) is 4.52. The van der Waals surface area contributed by atoms with Crippen LogP contribution in [0.4, 0.5) is 0 Å². The Kier molecular flexibility index (Phi) is 4.90. The Bertz CT molecular complexity index is 348. The molecule has 1 saturated heterocycles. The quantitative estimate of drug-likeness (QED) is 0.475. The molecule has 0 radical (unpaired) electrons. The molecule has 2 rings (SSSR count). The van der Waals surface area contributed by atoms with Crippen LogP contribution in [0.2, 0.25) is 0 Å². The Hall–Kier alpha value is -0.246. The van der Waals surface area contributed by atoms with Crippen molar-refractivity contribution in [3.05, 3.63) is 29.3 Å². The van der Waals surface area contributed by atoms with E-state index >= 15 is 0 Å². The fourth-order valence-corrected chi connectivity index (χ4v) is 1.17. The third-order valence-corrected chi connectivity index (χ3v) is 2.03. The van der Waals surface area contributed by atoms with Gasteiger partial charge in [-0.1, -0.05) is 12.5 Å². The molecule has 15 heavy (non-hydrogen) atoms. The van der Waals surface area contributed by atoms with Gasteiger partial charge in [0.15, 0.2) is 0 Å². The van der Waals surface area contributed by atoms with E-state index in [1.807, 2.05) is 13.0 Å². The van der Waals surface area contributed by atoms with Gasteiger partial charge in [-0.3, -0.25) is 0 Å². The van der Waals surface area contributed by atoms with Crippen LogP contribution in [0.15, 0.2) is 12.1 Å². The second-order valence-electron chi connectivity index (χ2n) is 3.30. The van der Waals surface area contributed by atoms with E-state index in [9.17, 15) is 4.79 Å². The Morgan fingerprint density at radius 1 is 1.67 bits per heavy atom. The van der Waals surface area contributed by atoms with Crippen LogP contribution in [-0.2, 0) is 37.4 Å². The predicted molar refractivity (Wildman–Crippen MR) is 50.6 cm³/mol. The summed E-state index contributed by atoms with van der Waals surface area (Å²) in [6, 6.07) is 6.60. The number of epoxide rings is 1. The normalized spacial score (nSPS) is 17.8. The van der Waals surface area contributed by atoms with Crippen molar-refractivity contribution in [2.75, 3.05) is 13.2 Å². The number of hydrogen-bond donors (Lipinski definition) is 0. The minimum absolute atomic E-state index is 0. The van der Waals surface area contributed by atoms with E-state index in [1.165, 1.54) is 0 Å². The zero-order chi connectivity index (χ0) is 9.97.